The highest BCUT2D eigenvalue weighted by Crippen LogP contribution is 2.12. The van der Waals surface area contributed by atoms with Gasteiger partial charge in [0.2, 0.25) is 0 Å². The first-order valence-electron chi connectivity index (χ1n) is 5.42. The third kappa shape index (κ3) is 3.30. The van der Waals surface area contributed by atoms with Gasteiger partial charge in [-0.15, -0.1) is 0 Å². The summed E-state index contributed by atoms with van der Waals surface area (Å²) in [6.45, 7) is 2.11. The molecule has 0 fully saturated rings. The van der Waals surface area contributed by atoms with Gasteiger partial charge in [0, 0.05) is 6.04 Å². The number of nitrogens with zero attached hydrogens (tertiary/aromatic N) is 2. The Kier molecular flexibility index (Phi) is 3.73. The second-order valence-electron chi connectivity index (χ2n) is 3.90. The normalized spacial score (nSPS) is 11.8. The summed E-state index contributed by atoms with van der Waals surface area (Å²) in [5.74, 6) is 0.756. The summed E-state index contributed by atoms with van der Waals surface area (Å²) in [5, 5.41) is 16.3. The zero-order valence-corrected chi connectivity index (χ0v) is 10.4. The minimum Gasteiger partial charge on any atom is -0.367 e. The Bertz CT molecular complexity index is 514. The number of aromatic nitrogens is 1. The maximum Gasteiger partial charge on any atom is 0.142 e. The van der Waals surface area contributed by atoms with Gasteiger partial charge in [0.05, 0.1) is 0 Å². The lowest BCUT2D eigenvalue weighted by Gasteiger charge is -2.13. The van der Waals surface area contributed by atoms with Crippen LogP contribution in [0, 0.1) is 11.3 Å². The topological polar surface area (TPSA) is 48.7 Å². The highest BCUT2D eigenvalue weighted by molar-refractivity contribution is 7.07. The number of hydrogen-bond acceptors (Lipinski definition) is 4. The summed E-state index contributed by atoms with van der Waals surface area (Å²) in [4.78, 5) is 4.19. The lowest BCUT2D eigenvalue weighted by atomic mass is 10.1. The molecule has 0 saturated heterocycles. The molecule has 1 atom stereocenters. The Morgan fingerprint density at radius 2 is 2.35 bits per heavy atom. The Morgan fingerprint density at radius 1 is 1.47 bits per heavy atom. The van der Waals surface area contributed by atoms with E-state index in [-0.39, 0.29) is 0 Å². The lowest BCUT2D eigenvalue weighted by molar-refractivity contribution is 0.786. The Morgan fingerprint density at radius 3 is 3.06 bits per heavy atom. The fourth-order valence-electron chi connectivity index (χ4n) is 1.64. The molecule has 2 heterocycles. The molecule has 86 valence electrons. The van der Waals surface area contributed by atoms with Gasteiger partial charge in [-0.3, -0.25) is 0 Å². The monoisotopic (exact) mass is 243 g/mol. The predicted molar refractivity (Wildman–Crippen MR) is 70.1 cm³/mol. The summed E-state index contributed by atoms with van der Waals surface area (Å²) in [5.41, 5.74) is 1.77. The first-order valence-corrected chi connectivity index (χ1v) is 6.37. The quantitative estimate of drug-likeness (QED) is 0.897. The maximum absolute atomic E-state index is 8.76. The Labute approximate surface area is 105 Å². The molecule has 0 aliphatic heterocycles. The van der Waals surface area contributed by atoms with Crippen molar-refractivity contribution in [3.63, 3.8) is 0 Å². The van der Waals surface area contributed by atoms with E-state index in [1.807, 2.05) is 18.2 Å². The number of thiophene rings is 1. The molecule has 2 rings (SSSR count). The molecular formula is C13H13N3S. The maximum atomic E-state index is 8.76. The van der Waals surface area contributed by atoms with Crippen LogP contribution in [0.25, 0.3) is 0 Å². The number of pyridine rings is 1. The molecule has 0 aromatic carbocycles. The molecule has 0 amide bonds. The number of rotatable bonds is 4. The van der Waals surface area contributed by atoms with Gasteiger partial charge >= 0.3 is 0 Å². The summed E-state index contributed by atoms with van der Waals surface area (Å²) >= 11 is 1.71. The van der Waals surface area contributed by atoms with Crippen LogP contribution in [0.2, 0.25) is 0 Å². The summed E-state index contributed by atoms with van der Waals surface area (Å²) in [6, 6.07) is 9.88. The van der Waals surface area contributed by atoms with E-state index in [1.165, 1.54) is 5.56 Å². The van der Waals surface area contributed by atoms with E-state index in [0.29, 0.717) is 11.7 Å². The molecule has 0 aliphatic rings. The molecule has 0 spiro atoms. The third-order valence-electron chi connectivity index (χ3n) is 2.38. The SMILES string of the molecule is CC(Cc1ccsc1)Nc1cccc(C#N)n1. The molecule has 0 radical (unpaired) electrons. The van der Waals surface area contributed by atoms with E-state index in [9.17, 15) is 0 Å². The van der Waals surface area contributed by atoms with Crippen LogP contribution in [0.15, 0.2) is 35.0 Å². The Hall–Kier alpha value is -1.86. The highest BCUT2D eigenvalue weighted by atomic mass is 32.1. The molecule has 1 N–H and O–H groups in total. The molecule has 2 aromatic heterocycles. The van der Waals surface area contributed by atoms with Gasteiger partial charge < -0.3 is 5.32 Å². The molecule has 2 aromatic rings. The van der Waals surface area contributed by atoms with E-state index in [4.69, 9.17) is 5.26 Å². The van der Waals surface area contributed by atoms with Gasteiger partial charge in [-0.05, 0) is 47.9 Å². The minimum atomic E-state index is 0.297. The van der Waals surface area contributed by atoms with E-state index in [1.54, 1.807) is 17.4 Å². The smallest absolute Gasteiger partial charge is 0.142 e. The van der Waals surface area contributed by atoms with E-state index >= 15 is 0 Å². The van der Waals surface area contributed by atoms with Crippen LogP contribution in [0.4, 0.5) is 5.82 Å². The van der Waals surface area contributed by atoms with Crippen LogP contribution < -0.4 is 5.32 Å². The fraction of sp³-hybridized carbons (Fsp3) is 0.231. The third-order valence-corrected chi connectivity index (χ3v) is 3.11. The Balaban J connectivity index is 1.98. The van der Waals surface area contributed by atoms with Crippen LogP contribution in [-0.2, 0) is 6.42 Å². The first-order chi connectivity index (χ1) is 8.28. The van der Waals surface area contributed by atoms with Crippen molar-refractivity contribution in [1.29, 1.82) is 5.26 Å². The average molecular weight is 243 g/mol. The van der Waals surface area contributed by atoms with Crippen LogP contribution in [0.1, 0.15) is 18.2 Å². The predicted octanol–water partition coefficient (Wildman–Crippen LogP) is 3.06. The molecule has 1 unspecified atom stereocenters. The standard InChI is InChI=1S/C13H13N3S/c1-10(7-11-5-6-17-9-11)15-13-4-2-3-12(8-14)16-13/h2-6,9-10H,7H2,1H3,(H,15,16). The van der Waals surface area contributed by atoms with Crippen LogP contribution >= 0.6 is 11.3 Å². The molecule has 0 aliphatic carbocycles. The fourth-order valence-corrected chi connectivity index (χ4v) is 2.32. The summed E-state index contributed by atoms with van der Waals surface area (Å²) in [6.07, 6.45) is 0.960. The molecule has 3 nitrogen and oxygen atoms in total. The molecular weight excluding hydrogens is 230 g/mol. The van der Waals surface area contributed by atoms with Gasteiger partial charge in [0.25, 0.3) is 0 Å². The van der Waals surface area contributed by atoms with Gasteiger partial charge in [-0.2, -0.15) is 16.6 Å². The van der Waals surface area contributed by atoms with Crippen molar-refractivity contribution in [2.45, 2.75) is 19.4 Å². The van der Waals surface area contributed by atoms with Crippen LogP contribution in [0.5, 0.6) is 0 Å². The van der Waals surface area contributed by atoms with Crippen molar-refractivity contribution >= 4 is 17.2 Å². The van der Waals surface area contributed by atoms with Crippen molar-refractivity contribution in [3.8, 4) is 6.07 Å². The van der Waals surface area contributed by atoms with Crippen LogP contribution in [-0.4, -0.2) is 11.0 Å². The van der Waals surface area contributed by atoms with Crippen LogP contribution in [0.3, 0.4) is 0 Å². The van der Waals surface area contributed by atoms with E-state index in [2.05, 4.69) is 34.1 Å². The van der Waals surface area contributed by atoms with Gasteiger partial charge in [-0.25, -0.2) is 4.98 Å². The lowest BCUT2D eigenvalue weighted by Crippen LogP contribution is -2.18. The molecule has 0 bridgehead atoms. The molecule has 17 heavy (non-hydrogen) atoms. The second-order valence-corrected chi connectivity index (χ2v) is 4.68. The van der Waals surface area contributed by atoms with Gasteiger partial charge in [-0.1, -0.05) is 6.07 Å². The van der Waals surface area contributed by atoms with Gasteiger partial charge in [0.1, 0.15) is 17.6 Å². The van der Waals surface area contributed by atoms with Crippen molar-refractivity contribution in [3.05, 3.63) is 46.3 Å². The summed E-state index contributed by atoms with van der Waals surface area (Å²) < 4.78 is 0. The first kappa shape index (κ1) is 11.6. The van der Waals surface area contributed by atoms with Crippen molar-refractivity contribution in [2.24, 2.45) is 0 Å². The van der Waals surface area contributed by atoms with Crippen molar-refractivity contribution in [2.75, 3.05) is 5.32 Å². The van der Waals surface area contributed by atoms with Crippen molar-refractivity contribution in [1.82, 2.24) is 4.98 Å². The number of anilines is 1. The number of nitriles is 1. The van der Waals surface area contributed by atoms with Crippen molar-refractivity contribution < 1.29 is 0 Å². The molecule has 4 heteroatoms. The summed E-state index contributed by atoms with van der Waals surface area (Å²) in [7, 11) is 0. The zero-order valence-electron chi connectivity index (χ0n) is 9.55. The van der Waals surface area contributed by atoms with E-state index in [0.717, 1.165) is 12.2 Å². The highest BCUT2D eigenvalue weighted by Gasteiger charge is 2.05. The average Bonchev–Trinajstić information content (AvgIpc) is 2.82. The largest absolute Gasteiger partial charge is 0.367 e. The minimum absolute atomic E-state index is 0.297. The number of nitrogens with one attached hydrogen (secondary N) is 1. The second kappa shape index (κ2) is 5.46. The van der Waals surface area contributed by atoms with Gasteiger partial charge in [0.15, 0.2) is 0 Å². The van der Waals surface area contributed by atoms with E-state index < -0.39 is 0 Å². The number of hydrogen-bond donors (Lipinski definition) is 1. The molecule has 0 saturated carbocycles. The zero-order chi connectivity index (χ0) is 12.1.